The van der Waals surface area contributed by atoms with E-state index in [4.69, 9.17) is 11.6 Å². The summed E-state index contributed by atoms with van der Waals surface area (Å²) in [7, 11) is -4.31. The van der Waals surface area contributed by atoms with Gasteiger partial charge in [0.2, 0.25) is 0 Å². The summed E-state index contributed by atoms with van der Waals surface area (Å²) in [6.45, 7) is 0.150. The van der Waals surface area contributed by atoms with Crippen LogP contribution in [0.3, 0.4) is 0 Å². The zero-order valence-corrected chi connectivity index (χ0v) is 17.8. The summed E-state index contributed by atoms with van der Waals surface area (Å²) in [5.41, 5.74) is 0.726. The van der Waals surface area contributed by atoms with Crippen LogP contribution in [0.5, 0.6) is 5.75 Å². The number of hydrogen-bond acceptors (Lipinski definition) is 4. The van der Waals surface area contributed by atoms with Crippen molar-refractivity contribution in [3.8, 4) is 5.75 Å². The quantitative estimate of drug-likeness (QED) is 0.496. The second kappa shape index (κ2) is 9.49. The molecule has 0 aliphatic carbocycles. The highest BCUT2D eigenvalue weighted by molar-refractivity contribution is 7.92. The van der Waals surface area contributed by atoms with Crippen LogP contribution in [0.1, 0.15) is 15.9 Å². The molecule has 0 spiro atoms. The molecule has 11 heteroatoms. The Bertz CT molecular complexity index is 1230. The molecule has 0 aliphatic rings. The highest BCUT2D eigenvalue weighted by atomic mass is 35.5. The molecule has 0 atom stereocenters. The van der Waals surface area contributed by atoms with Crippen LogP contribution >= 0.6 is 11.6 Å². The number of carbonyl (C=O) groups excluding carboxylic acids is 1. The van der Waals surface area contributed by atoms with E-state index in [9.17, 15) is 26.4 Å². The number of alkyl halides is 3. The van der Waals surface area contributed by atoms with Crippen LogP contribution in [0.15, 0.2) is 77.7 Å². The predicted octanol–water partition coefficient (Wildman–Crippen LogP) is 4.97. The summed E-state index contributed by atoms with van der Waals surface area (Å²) in [6.07, 6.45) is -4.97. The van der Waals surface area contributed by atoms with Crippen LogP contribution in [0.2, 0.25) is 5.02 Å². The maximum Gasteiger partial charge on any atom is 0.573 e. The van der Waals surface area contributed by atoms with Crippen LogP contribution in [-0.2, 0) is 16.6 Å². The third kappa shape index (κ3) is 6.38. The van der Waals surface area contributed by atoms with Crippen molar-refractivity contribution in [3.63, 3.8) is 0 Å². The molecule has 0 bridgehead atoms. The normalized spacial score (nSPS) is 11.6. The average Bonchev–Trinajstić information content (AvgIpc) is 2.71. The molecule has 0 aromatic heterocycles. The number of carbonyl (C=O) groups is 1. The van der Waals surface area contributed by atoms with Gasteiger partial charge >= 0.3 is 6.36 Å². The van der Waals surface area contributed by atoms with Crippen molar-refractivity contribution in [1.82, 2.24) is 5.32 Å². The van der Waals surface area contributed by atoms with Gasteiger partial charge in [0, 0.05) is 17.6 Å². The molecule has 0 aliphatic heterocycles. The first-order valence-corrected chi connectivity index (χ1v) is 10.9. The molecule has 32 heavy (non-hydrogen) atoms. The van der Waals surface area contributed by atoms with Gasteiger partial charge < -0.3 is 10.1 Å². The largest absolute Gasteiger partial charge is 0.573 e. The highest BCUT2D eigenvalue weighted by Gasteiger charge is 2.31. The fourth-order valence-corrected chi connectivity index (χ4v) is 4.06. The zero-order valence-electron chi connectivity index (χ0n) is 16.2. The molecule has 0 fully saturated rings. The van der Waals surface area contributed by atoms with E-state index < -0.39 is 32.9 Å². The summed E-state index contributed by atoms with van der Waals surface area (Å²) in [5.74, 6) is -1.25. The SMILES string of the molecule is O=C(NCc1cccc(Cl)c1)c1ccccc1NS(=O)(=O)c1cccc(OC(F)(F)F)c1. The van der Waals surface area contributed by atoms with Crippen molar-refractivity contribution in [2.24, 2.45) is 0 Å². The summed E-state index contributed by atoms with van der Waals surface area (Å²) in [4.78, 5) is 12.2. The number of nitrogens with one attached hydrogen (secondary N) is 2. The zero-order chi connectivity index (χ0) is 23.4. The Kier molecular flexibility index (Phi) is 6.95. The lowest BCUT2D eigenvalue weighted by atomic mass is 10.1. The number of para-hydroxylation sites is 1. The molecule has 1 amide bonds. The van der Waals surface area contributed by atoms with Gasteiger partial charge in [-0.05, 0) is 42.0 Å². The van der Waals surface area contributed by atoms with Gasteiger partial charge in [0.05, 0.1) is 16.1 Å². The minimum absolute atomic E-state index is 0.0285. The van der Waals surface area contributed by atoms with E-state index in [1.807, 2.05) is 0 Å². The molecule has 3 rings (SSSR count). The molecular weight excluding hydrogens is 469 g/mol. The maximum atomic E-state index is 12.7. The number of anilines is 1. The number of hydrogen-bond donors (Lipinski definition) is 2. The summed E-state index contributed by atoms with van der Waals surface area (Å²) >= 11 is 5.92. The van der Waals surface area contributed by atoms with Crippen molar-refractivity contribution in [3.05, 3.63) is 88.9 Å². The first-order valence-electron chi connectivity index (χ1n) is 9.04. The highest BCUT2D eigenvalue weighted by Crippen LogP contribution is 2.26. The molecule has 2 N–H and O–H groups in total. The van der Waals surface area contributed by atoms with Crippen molar-refractivity contribution >= 4 is 33.2 Å². The Morgan fingerprint density at radius 3 is 2.41 bits per heavy atom. The van der Waals surface area contributed by atoms with Gasteiger partial charge in [0.15, 0.2) is 0 Å². The van der Waals surface area contributed by atoms with Gasteiger partial charge in [0.1, 0.15) is 5.75 Å². The fraction of sp³-hybridized carbons (Fsp3) is 0.0952. The molecule has 3 aromatic carbocycles. The third-order valence-corrected chi connectivity index (χ3v) is 5.71. The third-order valence-electron chi connectivity index (χ3n) is 4.11. The van der Waals surface area contributed by atoms with Crippen molar-refractivity contribution in [2.75, 3.05) is 4.72 Å². The average molecular weight is 485 g/mol. The van der Waals surface area contributed by atoms with Gasteiger partial charge in [-0.15, -0.1) is 13.2 Å². The van der Waals surface area contributed by atoms with Crippen LogP contribution < -0.4 is 14.8 Å². The second-order valence-corrected chi connectivity index (χ2v) is 8.61. The maximum absolute atomic E-state index is 12.7. The lowest BCUT2D eigenvalue weighted by Gasteiger charge is -2.14. The van der Waals surface area contributed by atoms with Gasteiger partial charge in [-0.2, -0.15) is 0 Å². The Labute approximate surface area is 187 Å². The van der Waals surface area contributed by atoms with E-state index in [-0.39, 0.29) is 17.8 Å². The van der Waals surface area contributed by atoms with Crippen LogP contribution in [0, 0.1) is 0 Å². The molecule has 0 unspecified atom stereocenters. The lowest BCUT2D eigenvalue weighted by molar-refractivity contribution is -0.274. The van der Waals surface area contributed by atoms with E-state index in [2.05, 4.69) is 14.8 Å². The van der Waals surface area contributed by atoms with E-state index in [1.165, 1.54) is 18.2 Å². The van der Waals surface area contributed by atoms with E-state index in [1.54, 1.807) is 30.3 Å². The van der Waals surface area contributed by atoms with Gasteiger partial charge in [0.25, 0.3) is 15.9 Å². The van der Waals surface area contributed by atoms with Crippen molar-refractivity contribution < 1.29 is 31.1 Å². The molecule has 0 radical (unpaired) electrons. The first kappa shape index (κ1) is 23.4. The number of benzene rings is 3. The first-order chi connectivity index (χ1) is 15.0. The monoisotopic (exact) mass is 484 g/mol. The number of ether oxygens (including phenoxy) is 1. The Morgan fingerprint density at radius 2 is 1.69 bits per heavy atom. The van der Waals surface area contributed by atoms with Gasteiger partial charge in [-0.3, -0.25) is 9.52 Å². The molecular formula is C21H16ClF3N2O4S. The van der Waals surface area contributed by atoms with E-state index >= 15 is 0 Å². The van der Waals surface area contributed by atoms with Crippen molar-refractivity contribution in [2.45, 2.75) is 17.8 Å². The summed E-state index contributed by atoms with van der Waals surface area (Å²) in [5, 5.41) is 3.17. The fourth-order valence-electron chi connectivity index (χ4n) is 2.74. The van der Waals surface area contributed by atoms with Crippen LogP contribution in [0.25, 0.3) is 0 Å². The van der Waals surface area contributed by atoms with Gasteiger partial charge in [-0.25, -0.2) is 8.42 Å². The summed E-state index contributed by atoms with van der Waals surface area (Å²) < 4.78 is 68.7. The topological polar surface area (TPSA) is 84.5 Å². The van der Waals surface area contributed by atoms with Gasteiger partial charge in [-0.1, -0.05) is 41.9 Å². The Morgan fingerprint density at radius 1 is 0.969 bits per heavy atom. The molecule has 0 saturated carbocycles. The Hall–Kier alpha value is -3.24. The lowest BCUT2D eigenvalue weighted by Crippen LogP contribution is -2.25. The van der Waals surface area contributed by atoms with E-state index in [0.717, 1.165) is 29.8 Å². The Balaban J connectivity index is 1.79. The van der Waals surface area contributed by atoms with Crippen LogP contribution in [-0.4, -0.2) is 20.7 Å². The summed E-state index contributed by atoms with van der Waals surface area (Å²) in [6, 6.07) is 16.6. The number of sulfonamides is 1. The van der Waals surface area contributed by atoms with Crippen LogP contribution in [0.4, 0.5) is 18.9 Å². The minimum atomic E-state index is -4.97. The second-order valence-electron chi connectivity index (χ2n) is 6.49. The molecule has 0 heterocycles. The van der Waals surface area contributed by atoms with Crippen molar-refractivity contribution in [1.29, 1.82) is 0 Å². The van der Waals surface area contributed by atoms with E-state index in [0.29, 0.717) is 5.02 Å². The number of rotatable bonds is 7. The minimum Gasteiger partial charge on any atom is -0.406 e. The smallest absolute Gasteiger partial charge is 0.406 e. The molecule has 0 saturated heterocycles. The predicted molar refractivity (Wildman–Crippen MR) is 113 cm³/mol. The molecule has 168 valence electrons. The standard InChI is InChI=1S/C21H16ClF3N2O4S/c22-15-6-3-5-14(11-15)13-26-20(28)18-9-1-2-10-19(18)27-32(29,30)17-8-4-7-16(12-17)31-21(23,24)25/h1-12,27H,13H2,(H,26,28). The number of halogens is 4. The number of amides is 1. The molecule has 6 nitrogen and oxygen atoms in total. The molecule has 3 aromatic rings.